The topological polar surface area (TPSA) is 97.7 Å². The van der Waals surface area contributed by atoms with Crippen molar-refractivity contribution in [3.05, 3.63) is 63.6 Å². The molecule has 0 saturated heterocycles. The maximum absolute atomic E-state index is 12.2. The molecule has 0 bridgehead atoms. The van der Waals surface area contributed by atoms with Gasteiger partial charge in [0.2, 0.25) is 0 Å². The first-order valence-corrected chi connectivity index (χ1v) is 7.54. The zero-order valence-corrected chi connectivity index (χ0v) is 13.4. The third-order valence-electron chi connectivity index (χ3n) is 3.97. The van der Waals surface area contributed by atoms with Crippen LogP contribution in [0.15, 0.2) is 46.1 Å². The number of rotatable bonds is 3. The van der Waals surface area contributed by atoms with E-state index in [-0.39, 0.29) is 11.1 Å². The van der Waals surface area contributed by atoms with Gasteiger partial charge in [-0.2, -0.15) is 5.10 Å². The Morgan fingerprint density at radius 1 is 1.25 bits per heavy atom. The molecular weight excluding hydrogens is 310 g/mol. The molecule has 1 amide bonds. The number of non-ortho nitro benzene ring substituents is 1. The average molecular weight is 327 g/mol. The standard InChI is InChI=1S/C17H17N3O4/c1-17(2)9-14(13-7-8-24-15(13)10-17)18-19-16(21)11-3-5-12(6-4-11)20(22)23/h3-8H,9-10H2,1-2H3,(H,19,21)/b18-14+. The van der Waals surface area contributed by atoms with Crippen molar-refractivity contribution in [2.45, 2.75) is 26.7 Å². The highest BCUT2D eigenvalue weighted by Gasteiger charge is 2.31. The summed E-state index contributed by atoms with van der Waals surface area (Å²) < 4.78 is 5.49. The van der Waals surface area contributed by atoms with Crippen LogP contribution in [-0.4, -0.2) is 16.5 Å². The van der Waals surface area contributed by atoms with Crippen LogP contribution in [0.3, 0.4) is 0 Å². The quantitative estimate of drug-likeness (QED) is 0.691. The molecule has 1 N–H and O–H groups in total. The van der Waals surface area contributed by atoms with Crippen LogP contribution in [0, 0.1) is 15.5 Å². The van der Waals surface area contributed by atoms with Crippen molar-refractivity contribution in [1.82, 2.24) is 5.43 Å². The number of nitro benzene ring substituents is 1. The predicted molar refractivity (Wildman–Crippen MR) is 87.9 cm³/mol. The number of fused-ring (bicyclic) bond motifs is 1. The zero-order valence-electron chi connectivity index (χ0n) is 13.4. The lowest BCUT2D eigenvalue weighted by atomic mass is 9.76. The highest BCUT2D eigenvalue weighted by molar-refractivity contribution is 6.04. The lowest BCUT2D eigenvalue weighted by Crippen LogP contribution is -2.29. The molecule has 0 saturated carbocycles. The van der Waals surface area contributed by atoms with E-state index in [2.05, 4.69) is 24.4 Å². The number of benzene rings is 1. The Balaban J connectivity index is 1.78. The molecule has 0 atom stereocenters. The number of nitro groups is 1. The summed E-state index contributed by atoms with van der Waals surface area (Å²) in [7, 11) is 0. The van der Waals surface area contributed by atoms with Gasteiger partial charge in [0.15, 0.2) is 0 Å². The fourth-order valence-corrected chi connectivity index (χ4v) is 2.80. The van der Waals surface area contributed by atoms with Gasteiger partial charge in [0, 0.05) is 29.7 Å². The van der Waals surface area contributed by atoms with E-state index in [0.717, 1.165) is 29.9 Å². The Kier molecular flexibility index (Phi) is 3.92. The summed E-state index contributed by atoms with van der Waals surface area (Å²) in [5.41, 5.74) is 4.46. The van der Waals surface area contributed by atoms with Crippen molar-refractivity contribution < 1.29 is 14.1 Å². The SMILES string of the molecule is CC1(C)C/C(=N\NC(=O)c2ccc([N+](=O)[O-])cc2)c2ccoc2C1. The summed E-state index contributed by atoms with van der Waals surface area (Å²) in [5.74, 6) is 0.459. The number of hydrogen-bond donors (Lipinski definition) is 1. The van der Waals surface area contributed by atoms with Crippen LogP contribution >= 0.6 is 0 Å². The predicted octanol–water partition coefficient (Wildman–Crippen LogP) is 3.29. The molecule has 1 aromatic heterocycles. The van der Waals surface area contributed by atoms with Gasteiger partial charge in [-0.3, -0.25) is 14.9 Å². The molecule has 0 unspecified atom stereocenters. The molecule has 24 heavy (non-hydrogen) atoms. The molecule has 0 radical (unpaired) electrons. The third-order valence-corrected chi connectivity index (χ3v) is 3.97. The normalized spacial score (nSPS) is 17.3. The van der Waals surface area contributed by atoms with Gasteiger partial charge >= 0.3 is 0 Å². The molecule has 7 nitrogen and oxygen atoms in total. The Morgan fingerprint density at radius 2 is 1.96 bits per heavy atom. The summed E-state index contributed by atoms with van der Waals surface area (Å²) in [4.78, 5) is 22.3. The van der Waals surface area contributed by atoms with Gasteiger partial charge in [-0.25, -0.2) is 5.43 Å². The molecular formula is C17H17N3O4. The van der Waals surface area contributed by atoms with E-state index < -0.39 is 10.8 Å². The summed E-state index contributed by atoms with van der Waals surface area (Å²) >= 11 is 0. The number of carbonyl (C=O) groups is 1. The summed E-state index contributed by atoms with van der Waals surface area (Å²) in [6.07, 6.45) is 3.17. The number of furan rings is 1. The van der Waals surface area contributed by atoms with Crippen molar-refractivity contribution in [2.75, 3.05) is 0 Å². The summed E-state index contributed by atoms with van der Waals surface area (Å²) in [5, 5.41) is 14.9. The first-order chi connectivity index (χ1) is 11.4. The lowest BCUT2D eigenvalue weighted by molar-refractivity contribution is -0.384. The van der Waals surface area contributed by atoms with E-state index in [1.54, 1.807) is 6.26 Å². The van der Waals surface area contributed by atoms with E-state index in [1.165, 1.54) is 24.3 Å². The van der Waals surface area contributed by atoms with Crippen LogP contribution in [0.1, 0.15) is 41.9 Å². The van der Waals surface area contributed by atoms with E-state index in [0.29, 0.717) is 5.56 Å². The van der Waals surface area contributed by atoms with Crippen molar-refractivity contribution in [1.29, 1.82) is 0 Å². The van der Waals surface area contributed by atoms with Gasteiger partial charge < -0.3 is 4.42 Å². The number of hydrazone groups is 1. The maximum Gasteiger partial charge on any atom is 0.271 e. The van der Waals surface area contributed by atoms with Crippen molar-refractivity contribution in [3.8, 4) is 0 Å². The lowest BCUT2D eigenvalue weighted by Gasteiger charge is -2.29. The van der Waals surface area contributed by atoms with Gasteiger partial charge in [0.1, 0.15) is 5.76 Å². The number of carbonyl (C=O) groups excluding carboxylic acids is 1. The summed E-state index contributed by atoms with van der Waals surface area (Å²) in [6.45, 7) is 4.23. The molecule has 2 aromatic rings. The second-order valence-electron chi connectivity index (χ2n) is 6.58. The van der Waals surface area contributed by atoms with Crippen LogP contribution in [0.2, 0.25) is 0 Å². The first-order valence-electron chi connectivity index (χ1n) is 7.54. The van der Waals surface area contributed by atoms with Crippen LogP contribution in [0.4, 0.5) is 5.69 Å². The Morgan fingerprint density at radius 3 is 2.62 bits per heavy atom. The maximum atomic E-state index is 12.2. The van der Waals surface area contributed by atoms with E-state index in [1.807, 2.05) is 6.07 Å². The van der Waals surface area contributed by atoms with Gasteiger partial charge in [-0.1, -0.05) is 13.8 Å². The second kappa shape index (κ2) is 5.92. The van der Waals surface area contributed by atoms with Gasteiger partial charge in [-0.05, 0) is 30.0 Å². The molecule has 3 rings (SSSR count). The minimum absolute atomic E-state index is 0.00176. The molecule has 0 spiro atoms. The second-order valence-corrected chi connectivity index (χ2v) is 6.58. The van der Waals surface area contributed by atoms with Crippen LogP contribution in [-0.2, 0) is 6.42 Å². The van der Waals surface area contributed by atoms with Crippen molar-refractivity contribution in [2.24, 2.45) is 10.5 Å². The Bertz CT molecular complexity index is 819. The summed E-state index contributed by atoms with van der Waals surface area (Å²) in [6, 6.07) is 7.24. The number of hydrogen-bond acceptors (Lipinski definition) is 5. The Hall–Kier alpha value is -2.96. The molecule has 124 valence electrons. The molecule has 0 fully saturated rings. The molecule has 1 aromatic carbocycles. The molecule has 1 aliphatic rings. The van der Waals surface area contributed by atoms with E-state index >= 15 is 0 Å². The average Bonchev–Trinajstić information content (AvgIpc) is 2.99. The Labute approximate surface area is 138 Å². The van der Waals surface area contributed by atoms with Crippen LogP contribution < -0.4 is 5.43 Å². The number of nitrogens with one attached hydrogen (secondary N) is 1. The van der Waals surface area contributed by atoms with Crippen LogP contribution in [0.25, 0.3) is 0 Å². The largest absolute Gasteiger partial charge is 0.469 e. The number of amides is 1. The zero-order chi connectivity index (χ0) is 17.3. The van der Waals surface area contributed by atoms with Crippen molar-refractivity contribution in [3.63, 3.8) is 0 Å². The minimum Gasteiger partial charge on any atom is -0.469 e. The fraction of sp³-hybridized carbons (Fsp3) is 0.294. The van der Waals surface area contributed by atoms with Crippen LogP contribution in [0.5, 0.6) is 0 Å². The van der Waals surface area contributed by atoms with E-state index in [9.17, 15) is 14.9 Å². The third kappa shape index (κ3) is 3.19. The van der Waals surface area contributed by atoms with Gasteiger partial charge in [0.25, 0.3) is 11.6 Å². The van der Waals surface area contributed by atoms with Crippen molar-refractivity contribution >= 4 is 17.3 Å². The highest BCUT2D eigenvalue weighted by atomic mass is 16.6. The molecule has 1 heterocycles. The van der Waals surface area contributed by atoms with Gasteiger partial charge in [0.05, 0.1) is 16.9 Å². The molecule has 0 aliphatic heterocycles. The monoisotopic (exact) mass is 327 g/mol. The van der Waals surface area contributed by atoms with E-state index in [4.69, 9.17) is 4.42 Å². The number of nitrogens with zero attached hydrogens (tertiary/aromatic N) is 2. The first kappa shape index (κ1) is 15.9. The fourth-order valence-electron chi connectivity index (χ4n) is 2.80. The minimum atomic E-state index is -0.507. The molecule has 7 heteroatoms. The highest BCUT2D eigenvalue weighted by Crippen LogP contribution is 2.35. The smallest absolute Gasteiger partial charge is 0.271 e. The molecule has 1 aliphatic carbocycles. The van der Waals surface area contributed by atoms with Gasteiger partial charge in [-0.15, -0.1) is 0 Å².